The van der Waals surface area contributed by atoms with E-state index in [1.165, 1.54) is 24.3 Å². The number of rotatable bonds is 7. The maximum absolute atomic E-state index is 13.4. The van der Waals surface area contributed by atoms with Crippen LogP contribution >= 0.6 is 0 Å². The summed E-state index contributed by atoms with van der Waals surface area (Å²) in [7, 11) is 0. The maximum Gasteiger partial charge on any atom is 0.239 e. The van der Waals surface area contributed by atoms with Gasteiger partial charge in [-0.3, -0.25) is 4.79 Å². The number of amides is 1. The molecular weight excluding hydrogens is 388 g/mol. The summed E-state index contributed by atoms with van der Waals surface area (Å²) in [5, 5.41) is 15.6. The molecule has 1 aliphatic rings. The predicted molar refractivity (Wildman–Crippen MR) is 111 cm³/mol. The average Bonchev–Trinajstić information content (AvgIpc) is 3.30. The summed E-state index contributed by atoms with van der Waals surface area (Å²) < 4.78 is 26.6. The van der Waals surface area contributed by atoms with E-state index in [1.54, 1.807) is 24.3 Å². The van der Waals surface area contributed by atoms with Crippen LogP contribution in [0, 0.1) is 11.6 Å². The van der Waals surface area contributed by atoms with Gasteiger partial charge in [0.2, 0.25) is 5.91 Å². The van der Waals surface area contributed by atoms with E-state index < -0.39 is 12.1 Å². The summed E-state index contributed by atoms with van der Waals surface area (Å²) in [6.07, 6.45) is 0.734. The molecule has 2 heterocycles. The van der Waals surface area contributed by atoms with Gasteiger partial charge in [-0.1, -0.05) is 0 Å². The number of aliphatic hydroxyl groups is 1. The van der Waals surface area contributed by atoms with Gasteiger partial charge in [0.15, 0.2) is 0 Å². The number of aromatic nitrogens is 1. The third-order valence-corrected chi connectivity index (χ3v) is 5.33. The van der Waals surface area contributed by atoms with Gasteiger partial charge in [0.25, 0.3) is 0 Å². The Morgan fingerprint density at radius 1 is 1.00 bits per heavy atom. The van der Waals surface area contributed by atoms with Crippen molar-refractivity contribution < 1.29 is 18.7 Å². The fraction of sp³-hybridized carbons (Fsp3) is 0.261. The largest absolute Gasteiger partial charge is 0.389 e. The second-order valence-corrected chi connectivity index (χ2v) is 7.44. The number of β-amino-alcohol motifs (C(OH)–C–C–N with tert-alkyl or cyclic N) is 1. The van der Waals surface area contributed by atoms with Gasteiger partial charge in [0.05, 0.1) is 6.10 Å². The fourth-order valence-corrected chi connectivity index (χ4v) is 3.73. The third-order valence-electron chi connectivity index (χ3n) is 5.33. The Morgan fingerprint density at radius 3 is 2.23 bits per heavy atom. The number of hydrogen-bond acceptors (Lipinski definition) is 3. The smallest absolute Gasteiger partial charge is 0.239 e. The summed E-state index contributed by atoms with van der Waals surface area (Å²) in [6, 6.07) is 13.9. The van der Waals surface area contributed by atoms with Crippen molar-refractivity contribution in [3.05, 3.63) is 71.8 Å². The Balaban J connectivity index is 1.52. The number of carbonyl (C=O) groups excluding carboxylic acids is 1. The Labute approximate surface area is 173 Å². The van der Waals surface area contributed by atoms with E-state index in [1.807, 2.05) is 6.07 Å². The molecule has 2 aromatic carbocycles. The van der Waals surface area contributed by atoms with E-state index in [-0.39, 0.29) is 24.1 Å². The molecule has 0 radical (unpaired) electrons. The highest BCUT2D eigenvalue weighted by Gasteiger charge is 2.32. The number of H-pyrrole nitrogens is 1. The van der Waals surface area contributed by atoms with Gasteiger partial charge in [-0.05, 0) is 90.7 Å². The van der Waals surface area contributed by atoms with Gasteiger partial charge in [0, 0.05) is 17.9 Å². The van der Waals surface area contributed by atoms with Crippen LogP contribution in [0.15, 0.2) is 54.6 Å². The first-order valence-corrected chi connectivity index (χ1v) is 9.94. The minimum Gasteiger partial charge on any atom is -0.389 e. The van der Waals surface area contributed by atoms with Crippen molar-refractivity contribution in [2.45, 2.75) is 25.0 Å². The van der Waals surface area contributed by atoms with Crippen LogP contribution in [0.5, 0.6) is 0 Å². The lowest BCUT2D eigenvalue weighted by Gasteiger charge is -2.13. The van der Waals surface area contributed by atoms with E-state index in [0.29, 0.717) is 13.0 Å². The number of aromatic amines is 1. The number of aliphatic hydroxyl groups excluding tert-OH is 1. The molecule has 4 N–H and O–H groups in total. The lowest BCUT2D eigenvalue weighted by Crippen LogP contribution is -2.42. The SMILES string of the molecule is O=C1NC[C@@H](O)[C@@H]1NCCCc1cc(-c2ccc(F)cc2)[nH]c1-c1ccc(F)cc1. The van der Waals surface area contributed by atoms with Crippen LogP contribution in [0.2, 0.25) is 0 Å². The molecule has 1 amide bonds. The van der Waals surface area contributed by atoms with Gasteiger partial charge in [-0.15, -0.1) is 0 Å². The minimum atomic E-state index is -0.718. The molecule has 1 saturated heterocycles. The quantitative estimate of drug-likeness (QED) is 0.452. The predicted octanol–water partition coefficient (Wildman–Crippen LogP) is 3.01. The lowest BCUT2D eigenvalue weighted by atomic mass is 10.0. The van der Waals surface area contributed by atoms with Gasteiger partial charge in [-0.25, -0.2) is 8.78 Å². The monoisotopic (exact) mass is 411 g/mol. The number of halogens is 2. The molecule has 156 valence electrons. The average molecular weight is 411 g/mol. The summed E-state index contributed by atoms with van der Waals surface area (Å²) in [5.41, 5.74) is 4.49. The number of benzene rings is 2. The van der Waals surface area contributed by atoms with Crippen LogP contribution in [-0.2, 0) is 11.2 Å². The highest BCUT2D eigenvalue weighted by atomic mass is 19.1. The van der Waals surface area contributed by atoms with Crippen molar-refractivity contribution in [1.29, 1.82) is 0 Å². The molecule has 0 saturated carbocycles. The van der Waals surface area contributed by atoms with Crippen molar-refractivity contribution >= 4 is 5.91 Å². The van der Waals surface area contributed by atoms with E-state index in [9.17, 15) is 18.7 Å². The first-order chi connectivity index (χ1) is 14.5. The third kappa shape index (κ3) is 4.42. The zero-order chi connectivity index (χ0) is 21.1. The Morgan fingerprint density at radius 2 is 1.63 bits per heavy atom. The second-order valence-electron chi connectivity index (χ2n) is 7.44. The van der Waals surface area contributed by atoms with Gasteiger partial charge in [-0.2, -0.15) is 0 Å². The molecule has 2 atom stereocenters. The summed E-state index contributed by atoms with van der Waals surface area (Å²) in [4.78, 5) is 15.1. The summed E-state index contributed by atoms with van der Waals surface area (Å²) in [6.45, 7) is 0.832. The molecule has 4 rings (SSSR count). The molecule has 3 aromatic rings. The Kier molecular flexibility index (Phi) is 5.92. The lowest BCUT2D eigenvalue weighted by molar-refractivity contribution is -0.121. The molecular formula is C23H23F2N3O2. The zero-order valence-electron chi connectivity index (χ0n) is 16.3. The molecule has 7 heteroatoms. The molecule has 0 aliphatic carbocycles. The molecule has 0 spiro atoms. The van der Waals surface area contributed by atoms with Crippen LogP contribution in [0.4, 0.5) is 8.78 Å². The maximum atomic E-state index is 13.4. The highest BCUT2D eigenvalue weighted by molar-refractivity contribution is 5.84. The number of aryl methyl sites for hydroxylation is 1. The van der Waals surface area contributed by atoms with Crippen LogP contribution in [0.3, 0.4) is 0 Å². The van der Waals surface area contributed by atoms with Crippen molar-refractivity contribution in [3.8, 4) is 22.5 Å². The van der Waals surface area contributed by atoms with Crippen LogP contribution in [-0.4, -0.2) is 41.2 Å². The number of carbonyl (C=O) groups is 1. The second kappa shape index (κ2) is 8.77. The van der Waals surface area contributed by atoms with Crippen molar-refractivity contribution in [3.63, 3.8) is 0 Å². The Hall–Kier alpha value is -3.03. The van der Waals surface area contributed by atoms with Crippen molar-refractivity contribution in [1.82, 2.24) is 15.6 Å². The molecule has 30 heavy (non-hydrogen) atoms. The van der Waals surface area contributed by atoms with Crippen LogP contribution in [0.25, 0.3) is 22.5 Å². The van der Waals surface area contributed by atoms with E-state index in [0.717, 1.165) is 34.5 Å². The standard InChI is InChI=1S/C23H23F2N3O2/c24-17-7-3-14(4-8-17)19-12-16(21(28-19)15-5-9-18(25)10-6-15)2-1-11-26-22-20(29)13-27-23(22)30/h3-10,12,20,22,26,28-29H,1-2,11,13H2,(H,27,30)/t20-,22+/m1/s1. The fourth-order valence-electron chi connectivity index (χ4n) is 3.73. The molecule has 1 fully saturated rings. The topological polar surface area (TPSA) is 77.2 Å². The van der Waals surface area contributed by atoms with E-state index in [4.69, 9.17) is 0 Å². The normalized spacial score (nSPS) is 18.6. The highest BCUT2D eigenvalue weighted by Crippen LogP contribution is 2.30. The van der Waals surface area contributed by atoms with Crippen molar-refractivity contribution in [2.24, 2.45) is 0 Å². The summed E-state index contributed by atoms with van der Waals surface area (Å²) >= 11 is 0. The van der Waals surface area contributed by atoms with Gasteiger partial charge < -0.3 is 20.7 Å². The number of nitrogens with one attached hydrogen (secondary N) is 3. The zero-order valence-corrected chi connectivity index (χ0v) is 16.3. The molecule has 0 unspecified atom stereocenters. The first kappa shape index (κ1) is 20.3. The molecule has 1 aliphatic heterocycles. The molecule has 0 bridgehead atoms. The summed E-state index contributed by atoms with van der Waals surface area (Å²) in [5.74, 6) is -0.786. The molecule has 1 aromatic heterocycles. The Bertz CT molecular complexity index is 1020. The van der Waals surface area contributed by atoms with Gasteiger partial charge >= 0.3 is 0 Å². The minimum absolute atomic E-state index is 0.185. The van der Waals surface area contributed by atoms with E-state index >= 15 is 0 Å². The van der Waals surface area contributed by atoms with Crippen molar-refractivity contribution in [2.75, 3.05) is 13.1 Å². The number of hydrogen-bond donors (Lipinski definition) is 4. The van der Waals surface area contributed by atoms with Crippen LogP contribution < -0.4 is 10.6 Å². The first-order valence-electron chi connectivity index (χ1n) is 9.94. The molecule has 5 nitrogen and oxygen atoms in total. The van der Waals surface area contributed by atoms with E-state index in [2.05, 4.69) is 15.6 Å². The van der Waals surface area contributed by atoms with Crippen LogP contribution in [0.1, 0.15) is 12.0 Å². The van der Waals surface area contributed by atoms with Gasteiger partial charge in [0.1, 0.15) is 17.7 Å².